The van der Waals surface area contributed by atoms with E-state index in [4.69, 9.17) is 18.9 Å². The summed E-state index contributed by atoms with van der Waals surface area (Å²) in [6, 6.07) is 0. The highest BCUT2D eigenvalue weighted by molar-refractivity contribution is 4.93. The molecule has 0 aliphatic carbocycles. The quantitative estimate of drug-likeness (QED) is 0.240. The second-order valence-electron chi connectivity index (χ2n) is 5.96. The van der Waals surface area contributed by atoms with E-state index in [0.717, 1.165) is 0 Å². The van der Waals surface area contributed by atoms with E-state index in [1.807, 2.05) is 0 Å². The zero-order valence-corrected chi connectivity index (χ0v) is 13.7. The lowest BCUT2D eigenvalue weighted by Gasteiger charge is -2.45. The molecule has 2 heterocycles. The summed E-state index contributed by atoms with van der Waals surface area (Å²) in [7, 11) is 0. The predicted octanol–water partition coefficient (Wildman–Crippen LogP) is -4.35. The van der Waals surface area contributed by atoms with Crippen LogP contribution >= 0.6 is 0 Å². The van der Waals surface area contributed by atoms with Gasteiger partial charge >= 0.3 is 0 Å². The minimum absolute atomic E-state index is 0.199. The Morgan fingerprint density at radius 1 is 0.720 bits per heavy atom. The van der Waals surface area contributed by atoms with Crippen LogP contribution in [0.2, 0.25) is 0 Å². The molecule has 11 nitrogen and oxygen atoms in total. The highest BCUT2D eigenvalue weighted by atomic mass is 16.7. The Kier molecular flexibility index (Phi) is 7.49. The van der Waals surface area contributed by atoms with Crippen molar-refractivity contribution < 1.29 is 54.7 Å². The summed E-state index contributed by atoms with van der Waals surface area (Å²) in [6.07, 6.45) is -14.3. The molecule has 0 aromatic heterocycles. The van der Waals surface area contributed by atoms with Gasteiger partial charge in [0.15, 0.2) is 12.6 Å². The normalized spacial score (nSPS) is 48.5. The van der Waals surface area contributed by atoms with Gasteiger partial charge in [0.05, 0.1) is 13.2 Å². The third-order valence-electron chi connectivity index (χ3n) is 4.29. The summed E-state index contributed by atoms with van der Waals surface area (Å²) in [6.45, 7) is 0.625. The fraction of sp³-hybridized carbons (Fsp3) is 1.00. The zero-order chi connectivity index (χ0) is 18.7. The second kappa shape index (κ2) is 8.97. The van der Waals surface area contributed by atoms with Gasteiger partial charge in [0.2, 0.25) is 0 Å². The molecule has 1 unspecified atom stereocenters. The Labute approximate surface area is 143 Å². The Bertz CT molecular complexity index is 406. The van der Waals surface area contributed by atoms with E-state index < -0.39 is 74.6 Å². The van der Waals surface area contributed by atoms with Gasteiger partial charge in [-0.2, -0.15) is 0 Å². The average Bonchev–Trinajstić information content (AvgIpc) is 2.61. The number of ether oxygens (including phenoxy) is 4. The lowest BCUT2D eigenvalue weighted by molar-refractivity contribution is -0.359. The highest BCUT2D eigenvalue weighted by Gasteiger charge is 2.50. The van der Waals surface area contributed by atoms with Crippen LogP contribution in [0, 0.1) is 0 Å². The van der Waals surface area contributed by atoms with Gasteiger partial charge in [-0.05, 0) is 6.92 Å². The fourth-order valence-electron chi connectivity index (χ4n) is 2.86. The summed E-state index contributed by atoms with van der Waals surface area (Å²) < 4.78 is 21.1. The molecule has 148 valence electrons. The topological polar surface area (TPSA) is 179 Å². The lowest BCUT2D eigenvalue weighted by atomic mass is 9.97. The van der Waals surface area contributed by atoms with Gasteiger partial charge in [-0.25, -0.2) is 0 Å². The van der Waals surface area contributed by atoms with Gasteiger partial charge in [-0.15, -0.1) is 0 Å². The average molecular weight is 370 g/mol. The fourth-order valence-corrected chi connectivity index (χ4v) is 2.86. The van der Waals surface area contributed by atoms with Crippen LogP contribution in [0.15, 0.2) is 0 Å². The number of rotatable bonds is 6. The molecule has 10 atom stereocenters. The molecule has 0 bridgehead atoms. The molecule has 0 amide bonds. The molecule has 0 saturated carbocycles. The molecule has 2 aliphatic heterocycles. The maximum atomic E-state index is 10.2. The van der Waals surface area contributed by atoms with Crippen LogP contribution in [0.5, 0.6) is 0 Å². The first-order chi connectivity index (χ1) is 11.8. The van der Waals surface area contributed by atoms with E-state index >= 15 is 0 Å². The van der Waals surface area contributed by atoms with E-state index in [0.29, 0.717) is 0 Å². The van der Waals surface area contributed by atoms with Gasteiger partial charge < -0.3 is 54.7 Å². The number of hydrogen-bond donors (Lipinski definition) is 7. The van der Waals surface area contributed by atoms with Crippen LogP contribution in [0.4, 0.5) is 0 Å². The first-order valence-electron chi connectivity index (χ1n) is 8.05. The van der Waals surface area contributed by atoms with E-state index in [1.54, 1.807) is 6.92 Å². The van der Waals surface area contributed by atoms with Crippen molar-refractivity contribution in [2.75, 3.05) is 19.8 Å². The molecule has 0 aromatic carbocycles. The van der Waals surface area contributed by atoms with Crippen LogP contribution in [0.25, 0.3) is 0 Å². The third kappa shape index (κ3) is 4.28. The van der Waals surface area contributed by atoms with Crippen molar-refractivity contribution >= 4 is 0 Å². The van der Waals surface area contributed by atoms with E-state index in [2.05, 4.69) is 0 Å². The van der Waals surface area contributed by atoms with Crippen molar-refractivity contribution in [3.63, 3.8) is 0 Å². The van der Waals surface area contributed by atoms with Crippen molar-refractivity contribution in [2.24, 2.45) is 0 Å². The van der Waals surface area contributed by atoms with Crippen molar-refractivity contribution in [3.05, 3.63) is 0 Å². The van der Waals surface area contributed by atoms with Crippen molar-refractivity contribution in [1.82, 2.24) is 0 Å². The molecule has 2 saturated heterocycles. The molecule has 0 radical (unpaired) electrons. The summed E-state index contributed by atoms with van der Waals surface area (Å²) in [5, 5.41) is 68.4. The first kappa shape index (κ1) is 20.9. The molecule has 11 heteroatoms. The van der Waals surface area contributed by atoms with Crippen LogP contribution in [-0.2, 0) is 18.9 Å². The molecule has 0 aromatic rings. The standard InChI is InChI=1S/C14H26O11/c1-2-22-13-11(21)9(19)12(6(4-16)24-13)25-14-10(20)8(18)7(17)5(3-15)23-14/h5-21H,2-4H2,1H3/t5-,6-,7-,8+,9-,10-,11-,12-,13?,14-/m1/s1. The molecule has 2 rings (SSSR count). The number of aliphatic hydroxyl groups excluding tert-OH is 7. The van der Waals surface area contributed by atoms with Crippen LogP contribution < -0.4 is 0 Å². The van der Waals surface area contributed by atoms with Gasteiger partial charge in [0.1, 0.15) is 48.8 Å². The third-order valence-corrected chi connectivity index (χ3v) is 4.29. The van der Waals surface area contributed by atoms with E-state index in [9.17, 15) is 35.7 Å². The molecule has 2 aliphatic rings. The maximum Gasteiger partial charge on any atom is 0.187 e. The van der Waals surface area contributed by atoms with Crippen molar-refractivity contribution in [1.29, 1.82) is 0 Å². The SMILES string of the molecule is CCOC1O[C@H](CO)[C@@H](O[C@H]2O[C@H](CO)[C@@H](O)[C@H](O)[C@H]2O)[C@H](O)[C@H]1O. The molecular formula is C14H26O11. The molecule has 0 spiro atoms. The Hall–Kier alpha value is -0.440. The summed E-state index contributed by atoms with van der Waals surface area (Å²) in [5.41, 5.74) is 0. The molecule has 2 fully saturated rings. The summed E-state index contributed by atoms with van der Waals surface area (Å²) >= 11 is 0. The number of aliphatic hydroxyl groups is 7. The summed E-state index contributed by atoms with van der Waals surface area (Å²) in [5.74, 6) is 0. The van der Waals surface area contributed by atoms with Gasteiger partial charge in [0, 0.05) is 6.61 Å². The van der Waals surface area contributed by atoms with Gasteiger partial charge in [-0.1, -0.05) is 0 Å². The van der Waals surface area contributed by atoms with E-state index in [1.165, 1.54) is 0 Å². The Morgan fingerprint density at radius 2 is 1.28 bits per heavy atom. The zero-order valence-electron chi connectivity index (χ0n) is 13.7. The summed E-state index contributed by atoms with van der Waals surface area (Å²) in [4.78, 5) is 0. The van der Waals surface area contributed by atoms with Gasteiger partial charge in [-0.3, -0.25) is 0 Å². The minimum Gasteiger partial charge on any atom is -0.394 e. The number of hydrogen-bond acceptors (Lipinski definition) is 11. The molecule has 7 N–H and O–H groups in total. The largest absolute Gasteiger partial charge is 0.394 e. The van der Waals surface area contributed by atoms with Crippen molar-refractivity contribution in [3.8, 4) is 0 Å². The second-order valence-corrected chi connectivity index (χ2v) is 5.96. The maximum absolute atomic E-state index is 10.2. The predicted molar refractivity (Wildman–Crippen MR) is 78.0 cm³/mol. The smallest absolute Gasteiger partial charge is 0.187 e. The van der Waals surface area contributed by atoms with E-state index in [-0.39, 0.29) is 6.61 Å². The molecule has 25 heavy (non-hydrogen) atoms. The highest BCUT2D eigenvalue weighted by Crippen LogP contribution is 2.29. The Morgan fingerprint density at radius 3 is 1.84 bits per heavy atom. The van der Waals surface area contributed by atoms with Crippen molar-refractivity contribution in [2.45, 2.75) is 68.3 Å². The lowest BCUT2D eigenvalue weighted by Crippen LogP contribution is -2.64. The van der Waals surface area contributed by atoms with Crippen LogP contribution in [0.1, 0.15) is 6.92 Å². The first-order valence-corrected chi connectivity index (χ1v) is 8.05. The monoisotopic (exact) mass is 370 g/mol. The molecular weight excluding hydrogens is 344 g/mol. The van der Waals surface area contributed by atoms with Gasteiger partial charge in [0.25, 0.3) is 0 Å². The Balaban J connectivity index is 2.11. The van der Waals surface area contributed by atoms with Crippen LogP contribution in [0.3, 0.4) is 0 Å². The van der Waals surface area contributed by atoms with Crippen LogP contribution in [-0.4, -0.2) is 117 Å². The minimum atomic E-state index is -1.69.